The number of carbonyl (C=O) groups excluding carboxylic acids is 1. The zero-order valence-electron chi connectivity index (χ0n) is 10.0. The number of amides is 1. The van der Waals surface area contributed by atoms with Gasteiger partial charge in [0, 0.05) is 0 Å². The molecule has 0 aromatic heterocycles. The first kappa shape index (κ1) is 10.6. The number of anilines is 2. The van der Waals surface area contributed by atoms with Crippen molar-refractivity contribution in [1.82, 2.24) is 0 Å². The van der Waals surface area contributed by atoms with E-state index >= 15 is 0 Å². The lowest BCUT2D eigenvalue weighted by Crippen LogP contribution is -2.44. The fourth-order valence-corrected chi connectivity index (χ4v) is 2.44. The molecule has 0 bridgehead atoms. The Balaban J connectivity index is 2.06. The van der Waals surface area contributed by atoms with Crippen LogP contribution in [0.1, 0.15) is 12.5 Å². The van der Waals surface area contributed by atoms with E-state index in [4.69, 9.17) is 4.74 Å². The fraction of sp³-hybridized carbons (Fsp3) is 0.462. The van der Waals surface area contributed by atoms with Gasteiger partial charge in [0.1, 0.15) is 0 Å². The minimum Gasteiger partial charge on any atom is -0.378 e. The molecule has 1 amide bonds. The highest BCUT2D eigenvalue weighted by atomic mass is 16.5. The van der Waals surface area contributed by atoms with Crippen molar-refractivity contribution in [3.63, 3.8) is 0 Å². The van der Waals surface area contributed by atoms with E-state index in [0.29, 0.717) is 13.2 Å². The van der Waals surface area contributed by atoms with Crippen LogP contribution in [0.25, 0.3) is 0 Å². The predicted octanol–water partition coefficient (Wildman–Crippen LogP) is 1.76. The highest BCUT2D eigenvalue weighted by molar-refractivity contribution is 6.00. The van der Waals surface area contributed by atoms with Gasteiger partial charge in [-0.25, -0.2) is 0 Å². The van der Waals surface area contributed by atoms with Crippen molar-refractivity contribution in [3.05, 3.63) is 23.8 Å². The van der Waals surface area contributed by atoms with Gasteiger partial charge < -0.3 is 15.4 Å². The molecule has 0 spiro atoms. The molecular formula is C13H16N2O2. The van der Waals surface area contributed by atoms with Crippen molar-refractivity contribution in [2.75, 3.05) is 23.8 Å². The third kappa shape index (κ3) is 1.52. The van der Waals surface area contributed by atoms with Crippen LogP contribution in [0.3, 0.4) is 0 Å². The van der Waals surface area contributed by atoms with Crippen molar-refractivity contribution in [2.45, 2.75) is 19.9 Å². The minimum absolute atomic E-state index is 0.0371. The first-order valence-electron chi connectivity index (χ1n) is 5.86. The molecule has 4 heteroatoms. The minimum atomic E-state index is -0.479. The number of hydrogen-bond acceptors (Lipinski definition) is 3. The lowest BCUT2D eigenvalue weighted by molar-refractivity contribution is -0.124. The van der Waals surface area contributed by atoms with Gasteiger partial charge in [-0.15, -0.1) is 0 Å². The summed E-state index contributed by atoms with van der Waals surface area (Å²) < 4.78 is 5.44. The first-order chi connectivity index (χ1) is 8.09. The molecule has 2 atom stereocenters. The van der Waals surface area contributed by atoms with E-state index in [1.807, 2.05) is 26.0 Å². The third-order valence-electron chi connectivity index (χ3n) is 3.73. The van der Waals surface area contributed by atoms with Crippen molar-refractivity contribution in [1.29, 1.82) is 0 Å². The number of fused-ring (bicyclic) bond motifs is 2. The highest BCUT2D eigenvalue weighted by Crippen LogP contribution is 2.38. The molecule has 0 saturated carbocycles. The second-order valence-corrected chi connectivity index (χ2v) is 5.13. The van der Waals surface area contributed by atoms with Gasteiger partial charge in [0.2, 0.25) is 5.91 Å². The van der Waals surface area contributed by atoms with Crippen LogP contribution in [0.2, 0.25) is 0 Å². The van der Waals surface area contributed by atoms with E-state index in [0.717, 1.165) is 11.4 Å². The highest BCUT2D eigenvalue weighted by Gasteiger charge is 2.48. The number of rotatable bonds is 0. The van der Waals surface area contributed by atoms with Crippen LogP contribution in [0, 0.1) is 12.3 Å². The van der Waals surface area contributed by atoms with E-state index in [1.54, 1.807) is 0 Å². The van der Waals surface area contributed by atoms with Gasteiger partial charge >= 0.3 is 0 Å². The molecule has 0 radical (unpaired) electrons. The summed E-state index contributed by atoms with van der Waals surface area (Å²) in [6, 6.07) is 6.05. The Labute approximate surface area is 100 Å². The van der Waals surface area contributed by atoms with Crippen molar-refractivity contribution >= 4 is 17.3 Å². The molecule has 2 unspecified atom stereocenters. The third-order valence-corrected chi connectivity index (χ3v) is 3.73. The Hall–Kier alpha value is -1.55. The van der Waals surface area contributed by atoms with Crippen molar-refractivity contribution < 1.29 is 9.53 Å². The fourth-order valence-electron chi connectivity index (χ4n) is 2.44. The second kappa shape index (κ2) is 3.47. The average Bonchev–Trinajstić information content (AvgIpc) is 2.61. The molecule has 2 heterocycles. The molecule has 3 rings (SSSR count). The lowest BCUT2D eigenvalue weighted by atomic mass is 9.84. The molecule has 4 nitrogen and oxygen atoms in total. The molecule has 90 valence electrons. The topological polar surface area (TPSA) is 50.4 Å². The van der Waals surface area contributed by atoms with Crippen LogP contribution in [0.5, 0.6) is 0 Å². The SMILES string of the molecule is Cc1ccc2c(c1)NC1COCC1(C)C(=O)N2. The van der Waals surface area contributed by atoms with Gasteiger partial charge in [-0.1, -0.05) is 6.07 Å². The average molecular weight is 232 g/mol. The molecule has 2 aliphatic rings. The van der Waals surface area contributed by atoms with E-state index in [9.17, 15) is 4.79 Å². The maximum absolute atomic E-state index is 12.2. The summed E-state index contributed by atoms with van der Waals surface area (Å²) in [7, 11) is 0. The summed E-state index contributed by atoms with van der Waals surface area (Å²) in [5.74, 6) is 0.0371. The molecule has 2 aliphatic heterocycles. The maximum Gasteiger partial charge on any atom is 0.234 e. The van der Waals surface area contributed by atoms with E-state index < -0.39 is 5.41 Å². The summed E-state index contributed by atoms with van der Waals surface area (Å²) in [6.07, 6.45) is 0. The number of aryl methyl sites for hydroxylation is 1. The number of benzene rings is 1. The summed E-state index contributed by atoms with van der Waals surface area (Å²) in [5.41, 5.74) is 2.54. The standard InChI is InChI=1S/C13H16N2O2/c1-8-3-4-9-10(5-8)14-11-6-17-7-13(11,2)12(16)15-9/h3-5,11,14H,6-7H2,1-2H3,(H,15,16). The Morgan fingerprint density at radius 2 is 2.24 bits per heavy atom. The van der Waals surface area contributed by atoms with E-state index in [-0.39, 0.29) is 11.9 Å². The van der Waals surface area contributed by atoms with Crippen LogP contribution in [0.4, 0.5) is 11.4 Å². The van der Waals surface area contributed by atoms with Crippen molar-refractivity contribution in [3.8, 4) is 0 Å². The van der Waals surface area contributed by atoms with Gasteiger partial charge in [0.25, 0.3) is 0 Å². The summed E-state index contributed by atoms with van der Waals surface area (Å²) in [4.78, 5) is 12.2. The Bertz CT molecular complexity index is 486. The molecule has 1 aromatic carbocycles. The Kier molecular flexibility index (Phi) is 2.16. The van der Waals surface area contributed by atoms with Crippen LogP contribution in [-0.2, 0) is 9.53 Å². The zero-order chi connectivity index (χ0) is 12.0. The van der Waals surface area contributed by atoms with E-state index in [1.165, 1.54) is 5.56 Å². The first-order valence-corrected chi connectivity index (χ1v) is 5.86. The smallest absolute Gasteiger partial charge is 0.234 e. The monoisotopic (exact) mass is 232 g/mol. The predicted molar refractivity (Wildman–Crippen MR) is 66.1 cm³/mol. The number of nitrogens with one attached hydrogen (secondary N) is 2. The zero-order valence-corrected chi connectivity index (χ0v) is 10.0. The van der Waals surface area contributed by atoms with Gasteiger partial charge in [0.15, 0.2) is 0 Å². The molecule has 2 N–H and O–H groups in total. The van der Waals surface area contributed by atoms with Crippen LogP contribution in [-0.4, -0.2) is 25.2 Å². The molecule has 1 aromatic rings. The van der Waals surface area contributed by atoms with Gasteiger partial charge in [-0.05, 0) is 31.5 Å². The Morgan fingerprint density at radius 1 is 1.41 bits per heavy atom. The largest absolute Gasteiger partial charge is 0.378 e. The number of hydrogen-bond donors (Lipinski definition) is 2. The summed E-state index contributed by atoms with van der Waals surface area (Å²) >= 11 is 0. The van der Waals surface area contributed by atoms with Crippen LogP contribution < -0.4 is 10.6 Å². The normalized spacial score (nSPS) is 30.9. The van der Waals surface area contributed by atoms with Crippen LogP contribution in [0.15, 0.2) is 18.2 Å². The van der Waals surface area contributed by atoms with E-state index in [2.05, 4.69) is 16.7 Å². The molecule has 17 heavy (non-hydrogen) atoms. The van der Waals surface area contributed by atoms with Gasteiger partial charge in [-0.3, -0.25) is 4.79 Å². The maximum atomic E-state index is 12.2. The molecule has 0 aliphatic carbocycles. The number of ether oxygens (including phenoxy) is 1. The van der Waals surface area contributed by atoms with Gasteiger partial charge in [-0.2, -0.15) is 0 Å². The van der Waals surface area contributed by atoms with Crippen molar-refractivity contribution in [2.24, 2.45) is 5.41 Å². The summed E-state index contributed by atoms with van der Waals surface area (Å²) in [5, 5.41) is 6.40. The summed E-state index contributed by atoms with van der Waals surface area (Å²) in [6.45, 7) is 5.05. The number of carbonyl (C=O) groups is 1. The second-order valence-electron chi connectivity index (χ2n) is 5.13. The van der Waals surface area contributed by atoms with Gasteiger partial charge in [0.05, 0.1) is 36.0 Å². The molecular weight excluding hydrogens is 216 g/mol. The Morgan fingerprint density at radius 3 is 3.06 bits per heavy atom. The molecule has 1 fully saturated rings. The quantitative estimate of drug-likeness (QED) is 0.716. The molecule has 1 saturated heterocycles. The lowest BCUT2D eigenvalue weighted by Gasteiger charge is -2.25. The van der Waals surface area contributed by atoms with Crippen LogP contribution >= 0.6 is 0 Å².